The van der Waals surface area contributed by atoms with Gasteiger partial charge in [-0.05, 0) is 42.6 Å². The molecule has 1 aliphatic carbocycles. The molecule has 0 aliphatic heterocycles. The van der Waals surface area contributed by atoms with Crippen molar-refractivity contribution in [2.45, 2.75) is 52.7 Å². The van der Waals surface area contributed by atoms with E-state index in [9.17, 15) is 0 Å². The molecule has 0 N–H and O–H groups in total. The van der Waals surface area contributed by atoms with Crippen LogP contribution in [-0.4, -0.2) is 6.10 Å². The van der Waals surface area contributed by atoms with Crippen LogP contribution in [0.5, 0.6) is 0 Å². The fourth-order valence-corrected chi connectivity index (χ4v) is 3.08. The predicted octanol–water partition coefficient (Wildman–Crippen LogP) is 4.66. The molecule has 1 aromatic carbocycles. The standard InChI is InChI=1S/C17H26O/c1-13(2)16-11-14(3)9-10-17(16)18-12-15-7-5-4-6-8-15/h4-8,13-14,16-17H,9-12H2,1-3H3. The first kappa shape index (κ1) is 13.6. The van der Waals surface area contributed by atoms with Crippen molar-refractivity contribution in [3.05, 3.63) is 35.9 Å². The Morgan fingerprint density at radius 3 is 2.56 bits per heavy atom. The molecule has 3 atom stereocenters. The van der Waals surface area contributed by atoms with Gasteiger partial charge in [0, 0.05) is 0 Å². The van der Waals surface area contributed by atoms with Crippen molar-refractivity contribution in [1.82, 2.24) is 0 Å². The third kappa shape index (κ3) is 3.58. The van der Waals surface area contributed by atoms with Gasteiger partial charge >= 0.3 is 0 Å². The van der Waals surface area contributed by atoms with Gasteiger partial charge in [-0.1, -0.05) is 51.1 Å². The zero-order valence-electron chi connectivity index (χ0n) is 11.9. The van der Waals surface area contributed by atoms with Crippen molar-refractivity contribution in [3.8, 4) is 0 Å². The summed E-state index contributed by atoms with van der Waals surface area (Å²) < 4.78 is 6.19. The lowest BCUT2D eigenvalue weighted by molar-refractivity contribution is -0.0452. The molecular formula is C17H26O. The Kier molecular flexibility index (Phi) is 4.82. The van der Waals surface area contributed by atoms with Crippen molar-refractivity contribution < 1.29 is 4.74 Å². The summed E-state index contributed by atoms with van der Waals surface area (Å²) in [4.78, 5) is 0. The zero-order chi connectivity index (χ0) is 13.0. The van der Waals surface area contributed by atoms with Crippen LogP contribution in [0.4, 0.5) is 0 Å². The van der Waals surface area contributed by atoms with E-state index in [-0.39, 0.29) is 0 Å². The highest BCUT2D eigenvalue weighted by molar-refractivity contribution is 5.13. The minimum atomic E-state index is 0.460. The Bertz CT molecular complexity index is 344. The highest BCUT2D eigenvalue weighted by Gasteiger charge is 2.31. The molecule has 0 aromatic heterocycles. The molecule has 2 rings (SSSR count). The van der Waals surface area contributed by atoms with Gasteiger partial charge in [-0.25, -0.2) is 0 Å². The molecule has 1 fully saturated rings. The van der Waals surface area contributed by atoms with Crippen LogP contribution in [0.3, 0.4) is 0 Å². The maximum absolute atomic E-state index is 6.19. The normalized spacial score (nSPS) is 28.6. The highest BCUT2D eigenvalue weighted by Crippen LogP contribution is 2.35. The molecule has 0 amide bonds. The van der Waals surface area contributed by atoms with Gasteiger partial charge in [0.1, 0.15) is 0 Å². The summed E-state index contributed by atoms with van der Waals surface area (Å²) in [5.74, 6) is 2.33. The van der Waals surface area contributed by atoms with E-state index in [1.54, 1.807) is 0 Å². The average Bonchev–Trinajstić information content (AvgIpc) is 2.38. The van der Waals surface area contributed by atoms with E-state index in [0.717, 1.165) is 24.4 Å². The van der Waals surface area contributed by atoms with Crippen LogP contribution in [0.15, 0.2) is 30.3 Å². The molecule has 0 bridgehead atoms. The molecule has 1 nitrogen and oxygen atoms in total. The quantitative estimate of drug-likeness (QED) is 0.750. The van der Waals surface area contributed by atoms with E-state index in [1.807, 2.05) is 0 Å². The van der Waals surface area contributed by atoms with Crippen molar-refractivity contribution in [2.24, 2.45) is 17.8 Å². The summed E-state index contributed by atoms with van der Waals surface area (Å²) in [6.07, 6.45) is 4.35. The Morgan fingerprint density at radius 1 is 1.17 bits per heavy atom. The minimum Gasteiger partial charge on any atom is -0.373 e. The Balaban J connectivity index is 1.91. The van der Waals surface area contributed by atoms with E-state index in [2.05, 4.69) is 51.1 Å². The first-order valence-corrected chi connectivity index (χ1v) is 7.32. The van der Waals surface area contributed by atoms with Gasteiger partial charge in [-0.3, -0.25) is 0 Å². The number of rotatable bonds is 4. The van der Waals surface area contributed by atoms with Gasteiger partial charge in [0.15, 0.2) is 0 Å². The van der Waals surface area contributed by atoms with E-state index in [4.69, 9.17) is 4.74 Å². The van der Waals surface area contributed by atoms with Crippen LogP contribution >= 0.6 is 0 Å². The second kappa shape index (κ2) is 6.38. The second-order valence-electron chi connectivity index (χ2n) is 6.16. The third-order valence-electron chi connectivity index (χ3n) is 4.26. The molecule has 0 radical (unpaired) electrons. The largest absolute Gasteiger partial charge is 0.373 e. The number of hydrogen-bond donors (Lipinski definition) is 0. The van der Waals surface area contributed by atoms with E-state index in [1.165, 1.54) is 24.8 Å². The smallest absolute Gasteiger partial charge is 0.0720 e. The maximum Gasteiger partial charge on any atom is 0.0720 e. The van der Waals surface area contributed by atoms with Crippen molar-refractivity contribution in [2.75, 3.05) is 0 Å². The van der Waals surface area contributed by atoms with Crippen molar-refractivity contribution >= 4 is 0 Å². The first-order chi connectivity index (χ1) is 8.66. The lowest BCUT2D eigenvalue weighted by Gasteiger charge is -2.37. The van der Waals surface area contributed by atoms with Gasteiger partial charge < -0.3 is 4.74 Å². The lowest BCUT2D eigenvalue weighted by Crippen LogP contribution is -2.34. The Labute approximate surface area is 112 Å². The minimum absolute atomic E-state index is 0.460. The van der Waals surface area contributed by atoms with Gasteiger partial charge in [0.2, 0.25) is 0 Å². The van der Waals surface area contributed by atoms with Crippen LogP contribution in [0.25, 0.3) is 0 Å². The van der Waals surface area contributed by atoms with Gasteiger partial charge in [0.25, 0.3) is 0 Å². The summed E-state index contributed by atoms with van der Waals surface area (Å²) in [7, 11) is 0. The number of benzene rings is 1. The highest BCUT2D eigenvalue weighted by atomic mass is 16.5. The molecule has 1 aromatic rings. The molecule has 3 unspecified atom stereocenters. The fourth-order valence-electron chi connectivity index (χ4n) is 3.08. The molecule has 100 valence electrons. The number of ether oxygens (including phenoxy) is 1. The molecule has 1 saturated carbocycles. The second-order valence-corrected chi connectivity index (χ2v) is 6.16. The Morgan fingerprint density at radius 2 is 1.89 bits per heavy atom. The van der Waals surface area contributed by atoms with E-state index in [0.29, 0.717) is 6.10 Å². The van der Waals surface area contributed by atoms with Crippen LogP contribution < -0.4 is 0 Å². The lowest BCUT2D eigenvalue weighted by atomic mass is 9.75. The average molecular weight is 246 g/mol. The summed E-state index contributed by atoms with van der Waals surface area (Å²) in [5, 5.41) is 0. The van der Waals surface area contributed by atoms with Crippen LogP contribution in [0.2, 0.25) is 0 Å². The zero-order valence-corrected chi connectivity index (χ0v) is 11.9. The molecule has 1 aliphatic rings. The Hall–Kier alpha value is -0.820. The third-order valence-corrected chi connectivity index (χ3v) is 4.26. The van der Waals surface area contributed by atoms with Crippen molar-refractivity contribution in [3.63, 3.8) is 0 Å². The molecule has 0 saturated heterocycles. The van der Waals surface area contributed by atoms with Crippen molar-refractivity contribution in [1.29, 1.82) is 0 Å². The van der Waals surface area contributed by atoms with Crippen LogP contribution in [0, 0.1) is 17.8 Å². The molecule has 0 heterocycles. The van der Waals surface area contributed by atoms with E-state index >= 15 is 0 Å². The summed E-state index contributed by atoms with van der Waals surface area (Å²) >= 11 is 0. The summed E-state index contributed by atoms with van der Waals surface area (Å²) in [6.45, 7) is 7.81. The van der Waals surface area contributed by atoms with Crippen LogP contribution in [0.1, 0.15) is 45.6 Å². The SMILES string of the molecule is CC1CCC(OCc2ccccc2)C(C(C)C)C1. The van der Waals surface area contributed by atoms with Gasteiger partial charge in [0.05, 0.1) is 12.7 Å². The maximum atomic E-state index is 6.19. The van der Waals surface area contributed by atoms with Gasteiger partial charge in [-0.15, -0.1) is 0 Å². The number of hydrogen-bond acceptors (Lipinski definition) is 1. The predicted molar refractivity (Wildman–Crippen MR) is 76.4 cm³/mol. The summed E-state index contributed by atoms with van der Waals surface area (Å²) in [5.41, 5.74) is 1.29. The topological polar surface area (TPSA) is 9.23 Å². The van der Waals surface area contributed by atoms with Gasteiger partial charge in [-0.2, -0.15) is 0 Å². The van der Waals surface area contributed by atoms with E-state index < -0.39 is 0 Å². The molecule has 1 heteroatoms. The monoisotopic (exact) mass is 246 g/mol. The molecule has 0 spiro atoms. The first-order valence-electron chi connectivity index (χ1n) is 7.32. The summed E-state index contributed by atoms with van der Waals surface area (Å²) in [6, 6.07) is 10.5. The van der Waals surface area contributed by atoms with Crippen LogP contribution in [-0.2, 0) is 11.3 Å². The fraction of sp³-hybridized carbons (Fsp3) is 0.647. The molecular weight excluding hydrogens is 220 g/mol. The molecule has 18 heavy (non-hydrogen) atoms.